The van der Waals surface area contributed by atoms with Crippen molar-refractivity contribution in [1.82, 2.24) is 9.78 Å². The van der Waals surface area contributed by atoms with Gasteiger partial charge < -0.3 is 5.73 Å². The summed E-state index contributed by atoms with van der Waals surface area (Å²) in [5.41, 5.74) is 8.10. The summed E-state index contributed by atoms with van der Waals surface area (Å²) in [5, 5.41) is 4.88. The molecular weight excluding hydrogens is 241 g/mol. The van der Waals surface area contributed by atoms with Crippen LogP contribution in [0.1, 0.15) is 16.8 Å². The molecule has 0 amide bonds. The molecule has 3 nitrogen and oxygen atoms in total. The van der Waals surface area contributed by atoms with Crippen LogP contribution in [0.25, 0.3) is 0 Å². The van der Waals surface area contributed by atoms with Gasteiger partial charge in [-0.2, -0.15) is 5.10 Å². The van der Waals surface area contributed by atoms with Gasteiger partial charge in [-0.05, 0) is 30.2 Å². The zero-order valence-electron chi connectivity index (χ0n) is 9.45. The summed E-state index contributed by atoms with van der Waals surface area (Å²) >= 11 is 5.93. The number of nitrogens with zero attached hydrogens (tertiary/aromatic N) is 2. The number of halogens is 2. The molecule has 0 aliphatic heterocycles. The Kier molecular flexibility index (Phi) is 3.45. The number of hydrogen-bond donors (Lipinski definition) is 1. The van der Waals surface area contributed by atoms with Crippen LogP contribution in [0.5, 0.6) is 0 Å². The fraction of sp³-hybridized carbons (Fsp3) is 0.250. The van der Waals surface area contributed by atoms with Crippen molar-refractivity contribution in [2.24, 2.45) is 5.73 Å². The van der Waals surface area contributed by atoms with Gasteiger partial charge >= 0.3 is 0 Å². The molecule has 0 aliphatic carbocycles. The summed E-state index contributed by atoms with van der Waals surface area (Å²) in [7, 11) is 0. The van der Waals surface area contributed by atoms with Gasteiger partial charge in [0.2, 0.25) is 0 Å². The first-order valence-electron chi connectivity index (χ1n) is 5.27. The SMILES string of the molecule is Cc1nn(Cc2ccc(F)cc2CN)cc1Cl. The van der Waals surface area contributed by atoms with Gasteiger partial charge in [-0.15, -0.1) is 0 Å². The predicted octanol–water partition coefficient (Wildman–Crippen LogP) is 2.49. The smallest absolute Gasteiger partial charge is 0.123 e. The van der Waals surface area contributed by atoms with E-state index in [0.29, 0.717) is 18.1 Å². The van der Waals surface area contributed by atoms with Gasteiger partial charge in [-0.1, -0.05) is 17.7 Å². The molecule has 1 aromatic carbocycles. The largest absolute Gasteiger partial charge is 0.326 e. The maximum absolute atomic E-state index is 13.0. The maximum Gasteiger partial charge on any atom is 0.123 e. The zero-order chi connectivity index (χ0) is 12.4. The highest BCUT2D eigenvalue weighted by Gasteiger charge is 2.06. The number of hydrogen-bond acceptors (Lipinski definition) is 2. The summed E-state index contributed by atoms with van der Waals surface area (Å²) in [6.45, 7) is 2.69. The lowest BCUT2D eigenvalue weighted by atomic mass is 10.1. The van der Waals surface area contributed by atoms with E-state index in [4.69, 9.17) is 17.3 Å². The number of aromatic nitrogens is 2. The monoisotopic (exact) mass is 253 g/mol. The second-order valence-electron chi connectivity index (χ2n) is 3.88. The summed E-state index contributed by atoms with van der Waals surface area (Å²) in [5.74, 6) is -0.274. The Balaban J connectivity index is 2.29. The van der Waals surface area contributed by atoms with Crippen LogP contribution in [0, 0.1) is 12.7 Å². The van der Waals surface area contributed by atoms with Gasteiger partial charge in [0.1, 0.15) is 5.82 Å². The van der Waals surface area contributed by atoms with E-state index in [1.807, 2.05) is 6.92 Å². The molecule has 0 saturated carbocycles. The van der Waals surface area contributed by atoms with Gasteiger partial charge in [0.15, 0.2) is 0 Å². The van der Waals surface area contributed by atoms with E-state index in [2.05, 4.69) is 5.10 Å². The van der Waals surface area contributed by atoms with Crippen molar-refractivity contribution < 1.29 is 4.39 Å². The number of nitrogens with two attached hydrogens (primary N) is 1. The Morgan fingerprint density at radius 3 is 2.76 bits per heavy atom. The topological polar surface area (TPSA) is 43.8 Å². The molecule has 0 saturated heterocycles. The maximum atomic E-state index is 13.0. The fourth-order valence-electron chi connectivity index (χ4n) is 1.69. The lowest BCUT2D eigenvalue weighted by Crippen LogP contribution is -2.07. The highest BCUT2D eigenvalue weighted by molar-refractivity contribution is 6.31. The van der Waals surface area contributed by atoms with Crippen molar-refractivity contribution in [1.29, 1.82) is 0 Å². The van der Waals surface area contributed by atoms with Gasteiger partial charge in [0.05, 0.1) is 17.3 Å². The zero-order valence-corrected chi connectivity index (χ0v) is 10.2. The Morgan fingerprint density at radius 2 is 2.18 bits per heavy atom. The fourth-order valence-corrected chi connectivity index (χ4v) is 1.84. The molecule has 2 N–H and O–H groups in total. The third-order valence-electron chi connectivity index (χ3n) is 2.61. The number of rotatable bonds is 3. The van der Waals surface area contributed by atoms with Crippen molar-refractivity contribution in [3.05, 3.63) is 52.1 Å². The van der Waals surface area contributed by atoms with E-state index in [0.717, 1.165) is 16.8 Å². The van der Waals surface area contributed by atoms with Crippen molar-refractivity contribution in [2.45, 2.75) is 20.0 Å². The van der Waals surface area contributed by atoms with E-state index in [-0.39, 0.29) is 5.82 Å². The van der Waals surface area contributed by atoms with Gasteiger partial charge in [-0.25, -0.2) is 4.39 Å². The third-order valence-corrected chi connectivity index (χ3v) is 2.98. The Morgan fingerprint density at radius 1 is 1.41 bits per heavy atom. The normalized spacial score (nSPS) is 10.8. The molecule has 17 heavy (non-hydrogen) atoms. The summed E-state index contributed by atoms with van der Waals surface area (Å²) in [6.07, 6.45) is 1.75. The minimum Gasteiger partial charge on any atom is -0.326 e. The molecule has 1 aromatic heterocycles. The molecule has 1 heterocycles. The molecule has 0 atom stereocenters. The summed E-state index contributed by atoms with van der Waals surface area (Å²) < 4.78 is 14.8. The molecule has 2 rings (SSSR count). The van der Waals surface area contributed by atoms with Crippen LogP contribution < -0.4 is 5.73 Å². The molecule has 0 unspecified atom stereocenters. The van der Waals surface area contributed by atoms with E-state index in [9.17, 15) is 4.39 Å². The van der Waals surface area contributed by atoms with Crippen LogP contribution in [-0.2, 0) is 13.1 Å². The molecule has 5 heteroatoms. The molecule has 2 aromatic rings. The first kappa shape index (κ1) is 12.1. The Bertz CT molecular complexity index is 517. The van der Waals surface area contributed by atoms with Crippen LogP contribution in [0.4, 0.5) is 4.39 Å². The van der Waals surface area contributed by atoms with E-state index < -0.39 is 0 Å². The van der Waals surface area contributed by atoms with Gasteiger partial charge in [-0.3, -0.25) is 4.68 Å². The summed E-state index contributed by atoms with van der Waals surface area (Å²) in [4.78, 5) is 0. The molecule has 0 spiro atoms. The number of benzene rings is 1. The van der Waals surface area contributed by atoms with E-state index >= 15 is 0 Å². The molecular formula is C12H13ClFN3. The minimum absolute atomic E-state index is 0.274. The van der Waals surface area contributed by atoms with Crippen LogP contribution in [-0.4, -0.2) is 9.78 Å². The average molecular weight is 254 g/mol. The van der Waals surface area contributed by atoms with Crippen LogP contribution >= 0.6 is 11.6 Å². The second-order valence-corrected chi connectivity index (χ2v) is 4.28. The first-order valence-corrected chi connectivity index (χ1v) is 5.65. The molecule has 0 radical (unpaired) electrons. The standard InChI is InChI=1S/C12H13ClFN3/c1-8-12(13)7-17(16-8)6-9-2-3-11(14)4-10(9)5-15/h2-4,7H,5-6,15H2,1H3. The third kappa shape index (κ3) is 2.65. The van der Waals surface area contributed by atoms with Crippen LogP contribution in [0.3, 0.4) is 0 Å². The van der Waals surface area contributed by atoms with Crippen LogP contribution in [0.15, 0.2) is 24.4 Å². The summed E-state index contributed by atoms with van der Waals surface area (Å²) in [6, 6.07) is 4.60. The minimum atomic E-state index is -0.274. The van der Waals surface area contributed by atoms with Gasteiger partial charge in [0.25, 0.3) is 0 Å². The molecule has 90 valence electrons. The lowest BCUT2D eigenvalue weighted by molar-refractivity contribution is 0.620. The Labute approximate surface area is 104 Å². The average Bonchev–Trinajstić information content (AvgIpc) is 2.60. The van der Waals surface area contributed by atoms with E-state index in [1.54, 1.807) is 16.9 Å². The molecule has 0 fully saturated rings. The second kappa shape index (κ2) is 4.85. The van der Waals surface area contributed by atoms with E-state index in [1.165, 1.54) is 12.1 Å². The highest BCUT2D eigenvalue weighted by atomic mass is 35.5. The molecule has 0 aliphatic rings. The van der Waals surface area contributed by atoms with Crippen LogP contribution in [0.2, 0.25) is 5.02 Å². The van der Waals surface area contributed by atoms with Crippen molar-refractivity contribution >= 4 is 11.6 Å². The van der Waals surface area contributed by atoms with Gasteiger partial charge in [0, 0.05) is 12.7 Å². The van der Waals surface area contributed by atoms with Crippen molar-refractivity contribution in [2.75, 3.05) is 0 Å². The quantitative estimate of drug-likeness (QED) is 0.913. The van der Waals surface area contributed by atoms with Crippen molar-refractivity contribution in [3.63, 3.8) is 0 Å². The number of aryl methyl sites for hydroxylation is 1. The molecule has 0 bridgehead atoms. The lowest BCUT2D eigenvalue weighted by Gasteiger charge is -2.08. The Hall–Kier alpha value is -1.39. The predicted molar refractivity (Wildman–Crippen MR) is 65.4 cm³/mol. The van der Waals surface area contributed by atoms with Crippen molar-refractivity contribution in [3.8, 4) is 0 Å². The highest BCUT2D eigenvalue weighted by Crippen LogP contribution is 2.16. The first-order chi connectivity index (χ1) is 8.10.